The Morgan fingerprint density at radius 3 is 2.52 bits per heavy atom. The number of nitrogens with zero attached hydrogens (tertiary/aromatic N) is 1. The molecule has 0 aliphatic carbocycles. The van der Waals surface area contributed by atoms with Crippen LogP contribution in [-0.4, -0.2) is 30.2 Å². The highest BCUT2D eigenvalue weighted by Gasteiger charge is 2.33. The number of carbonyl (C=O) groups is 3. The summed E-state index contributed by atoms with van der Waals surface area (Å²) in [7, 11) is 0. The first-order chi connectivity index (χ1) is 12.8. The van der Waals surface area contributed by atoms with Gasteiger partial charge in [0.15, 0.2) is 12.4 Å². The molecule has 2 aromatic carbocycles. The minimum atomic E-state index is -0.760. The van der Waals surface area contributed by atoms with Crippen LogP contribution in [0.25, 0.3) is 0 Å². The summed E-state index contributed by atoms with van der Waals surface area (Å²) in [4.78, 5) is 38.3. The average Bonchev–Trinajstić information content (AvgIpc) is 2.63. The number of carbonyl (C=O) groups excluding carboxylic acids is 3. The molecule has 3 rings (SSSR count). The van der Waals surface area contributed by atoms with Crippen LogP contribution in [0.3, 0.4) is 0 Å². The predicted molar refractivity (Wildman–Crippen MR) is 103 cm³/mol. The fourth-order valence-corrected chi connectivity index (χ4v) is 3.00. The minimum absolute atomic E-state index is 0.122. The zero-order valence-electron chi connectivity index (χ0n) is 15.8. The van der Waals surface area contributed by atoms with Gasteiger partial charge in [0.2, 0.25) is 5.91 Å². The normalized spacial score (nSPS) is 14.2. The van der Waals surface area contributed by atoms with Crippen LogP contribution in [0.1, 0.15) is 35.3 Å². The van der Waals surface area contributed by atoms with Gasteiger partial charge >= 0.3 is 0 Å². The molecule has 140 valence electrons. The second-order valence-corrected chi connectivity index (χ2v) is 6.76. The number of amides is 2. The Kier molecular flexibility index (Phi) is 4.99. The zero-order valence-corrected chi connectivity index (χ0v) is 15.8. The first-order valence-electron chi connectivity index (χ1n) is 8.76. The summed E-state index contributed by atoms with van der Waals surface area (Å²) in [6, 6.07) is 9.79. The molecule has 1 atom stereocenters. The number of ether oxygens (including phenoxy) is 1. The lowest BCUT2D eigenvalue weighted by atomic mass is 10.1. The monoisotopic (exact) mass is 366 g/mol. The van der Waals surface area contributed by atoms with Gasteiger partial charge in [-0.15, -0.1) is 0 Å². The van der Waals surface area contributed by atoms with Crippen molar-refractivity contribution in [1.82, 2.24) is 0 Å². The summed E-state index contributed by atoms with van der Waals surface area (Å²) < 4.78 is 5.44. The molecule has 2 amide bonds. The summed E-state index contributed by atoms with van der Waals surface area (Å²) in [5.74, 6) is -0.285. The van der Waals surface area contributed by atoms with E-state index in [1.165, 1.54) is 11.8 Å². The number of ketones is 1. The number of fused-ring (bicyclic) bond motifs is 1. The van der Waals surface area contributed by atoms with Crippen molar-refractivity contribution in [1.29, 1.82) is 0 Å². The largest absolute Gasteiger partial charge is 0.482 e. The van der Waals surface area contributed by atoms with E-state index < -0.39 is 6.04 Å². The Labute approximate surface area is 158 Å². The van der Waals surface area contributed by atoms with E-state index in [9.17, 15) is 14.4 Å². The van der Waals surface area contributed by atoms with Crippen molar-refractivity contribution in [3.63, 3.8) is 0 Å². The van der Waals surface area contributed by atoms with Crippen LogP contribution in [-0.2, 0) is 9.59 Å². The van der Waals surface area contributed by atoms with E-state index in [1.807, 2.05) is 32.0 Å². The van der Waals surface area contributed by atoms with E-state index in [2.05, 4.69) is 5.32 Å². The maximum Gasteiger partial charge on any atom is 0.265 e. The molecule has 0 saturated carbocycles. The molecule has 0 radical (unpaired) electrons. The van der Waals surface area contributed by atoms with Gasteiger partial charge in [-0.2, -0.15) is 0 Å². The number of anilines is 2. The summed E-state index contributed by atoms with van der Waals surface area (Å²) in [5, 5.41) is 2.86. The van der Waals surface area contributed by atoms with Gasteiger partial charge in [-0.05, 0) is 69.2 Å². The molecule has 6 heteroatoms. The van der Waals surface area contributed by atoms with Crippen molar-refractivity contribution in [2.24, 2.45) is 0 Å². The molecular weight excluding hydrogens is 344 g/mol. The molecule has 6 nitrogen and oxygen atoms in total. The van der Waals surface area contributed by atoms with Crippen molar-refractivity contribution in [3.05, 3.63) is 53.1 Å². The lowest BCUT2D eigenvalue weighted by Gasteiger charge is -2.33. The molecule has 0 fully saturated rings. The third-order valence-corrected chi connectivity index (χ3v) is 4.79. The Balaban J connectivity index is 1.89. The number of rotatable bonds is 4. The third kappa shape index (κ3) is 3.69. The van der Waals surface area contributed by atoms with Crippen LogP contribution in [0.4, 0.5) is 11.4 Å². The number of Topliss-reactive ketones (excluding diaryl/α,β-unsaturated/α-hetero) is 1. The Morgan fingerprint density at radius 1 is 1.11 bits per heavy atom. The van der Waals surface area contributed by atoms with E-state index in [0.717, 1.165) is 11.1 Å². The molecule has 1 aliphatic rings. The maximum atomic E-state index is 12.8. The molecule has 27 heavy (non-hydrogen) atoms. The van der Waals surface area contributed by atoms with Crippen molar-refractivity contribution in [2.75, 3.05) is 16.8 Å². The molecule has 0 aromatic heterocycles. The first kappa shape index (κ1) is 18.6. The third-order valence-electron chi connectivity index (χ3n) is 4.79. The molecule has 1 N–H and O–H groups in total. The number of aryl methyl sites for hydroxylation is 2. The maximum absolute atomic E-state index is 12.8. The lowest BCUT2D eigenvalue weighted by Crippen LogP contribution is -2.49. The number of nitrogens with one attached hydrogen (secondary N) is 1. The van der Waals surface area contributed by atoms with Gasteiger partial charge in [0.1, 0.15) is 11.8 Å². The molecule has 0 saturated heterocycles. The predicted octanol–water partition coefficient (Wildman–Crippen LogP) is 3.26. The van der Waals surface area contributed by atoms with Crippen LogP contribution in [0.15, 0.2) is 36.4 Å². The molecule has 0 bridgehead atoms. The van der Waals surface area contributed by atoms with Crippen LogP contribution in [0, 0.1) is 13.8 Å². The van der Waals surface area contributed by atoms with Crippen LogP contribution >= 0.6 is 0 Å². The number of hydrogen-bond acceptors (Lipinski definition) is 4. The second kappa shape index (κ2) is 7.23. The Hall–Kier alpha value is -3.15. The van der Waals surface area contributed by atoms with Crippen molar-refractivity contribution in [2.45, 2.75) is 33.7 Å². The Morgan fingerprint density at radius 2 is 1.85 bits per heavy atom. The number of benzene rings is 2. The quantitative estimate of drug-likeness (QED) is 0.843. The van der Waals surface area contributed by atoms with E-state index in [-0.39, 0.29) is 24.2 Å². The summed E-state index contributed by atoms with van der Waals surface area (Å²) >= 11 is 0. The fourth-order valence-electron chi connectivity index (χ4n) is 3.00. The van der Waals surface area contributed by atoms with Gasteiger partial charge in [0, 0.05) is 11.3 Å². The van der Waals surface area contributed by atoms with E-state index in [1.54, 1.807) is 25.1 Å². The van der Waals surface area contributed by atoms with E-state index in [4.69, 9.17) is 4.74 Å². The van der Waals surface area contributed by atoms with Gasteiger partial charge in [0.25, 0.3) is 5.91 Å². The molecule has 2 aromatic rings. The first-order valence-corrected chi connectivity index (χ1v) is 8.76. The molecule has 0 spiro atoms. The summed E-state index contributed by atoms with van der Waals surface area (Å²) in [6.07, 6.45) is 0. The highest BCUT2D eigenvalue weighted by atomic mass is 16.5. The van der Waals surface area contributed by atoms with Crippen LogP contribution < -0.4 is 15.0 Å². The molecule has 1 aliphatic heterocycles. The van der Waals surface area contributed by atoms with Gasteiger partial charge in [-0.3, -0.25) is 19.3 Å². The highest BCUT2D eigenvalue weighted by Crippen LogP contribution is 2.34. The zero-order chi connectivity index (χ0) is 19.7. The van der Waals surface area contributed by atoms with E-state index in [0.29, 0.717) is 22.7 Å². The van der Waals surface area contributed by atoms with Crippen molar-refractivity contribution in [3.8, 4) is 5.75 Å². The van der Waals surface area contributed by atoms with Crippen LogP contribution in [0.2, 0.25) is 0 Å². The minimum Gasteiger partial charge on any atom is -0.482 e. The van der Waals surface area contributed by atoms with Gasteiger partial charge in [-0.1, -0.05) is 6.07 Å². The average molecular weight is 366 g/mol. The lowest BCUT2D eigenvalue weighted by molar-refractivity contribution is -0.125. The smallest absolute Gasteiger partial charge is 0.265 e. The topological polar surface area (TPSA) is 75.7 Å². The van der Waals surface area contributed by atoms with Crippen LogP contribution in [0.5, 0.6) is 5.75 Å². The Bertz CT molecular complexity index is 936. The van der Waals surface area contributed by atoms with Gasteiger partial charge in [-0.25, -0.2) is 0 Å². The molecular formula is C21H22N2O4. The second-order valence-electron chi connectivity index (χ2n) is 6.76. The SMILES string of the molecule is CC(=O)c1ccc2c(c1)N(C(C)C(=O)Nc1ccc(C)c(C)c1)C(=O)CO2. The van der Waals surface area contributed by atoms with Crippen molar-refractivity contribution < 1.29 is 19.1 Å². The van der Waals surface area contributed by atoms with Gasteiger partial charge in [0.05, 0.1) is 5.69 Å². The van der Waals surface area contributed by atoms with Crippen molar-refractivity contribution >= 4 is 29.0 Å². The van der Waals surface area contributed by atoms with Gasteiger partial charge < -0.3 is 10.1 Å². The summed E-state index contributed by atoms with van der Waals surface area (Å²) in [5.41, 5.74) is 3.77. The standard InChI is InChI=1S/C21H22N2O4/c1-12-5-7-17(9-13(12)2)22-21(26)14(3)23-18-10-16(15(4)24)6-8-19(18)27-11-20(23)25/h5-10,14H,11H2,1-4H3,(H,22,26). The number of hydrogen-bond donors (Lipinski definition) is 1. The molecule has 1 unspecified atom stereocenters. The van der Waals surface area contributed by atoms with E-state index >= 15 is 0 Å². The molecule has 1 heterocycles. The highest BCUT2D eigenvalue weighted by molar-refractivity contribution is 6.07. The summed E-state index contributed by atoms with van der Waals surface area (Å²) in [6.45, 7) is 6.93. The fraction of sp³-hybridized carbons (Fsp3) is 0.286.